The molecule has 0 radical (unpaired) electrons. The number of aryl methyl sites for hydroxylation is 3. The van der Waals surface area contributed by atoms with Gasteiger partial charge in [-0.1, -0.05) is 6.07 Å². The third kappa shape index (κ3) is 3.40. The molecule has 2 aromatic heterocycles. The molecule has 0 aliphatic carbocycles. The molecule has 1 amide bonds. The van der Waals surface area contributed by atoms with Crippen molar-refractivity contribution in [2.75, 3.05) is 17.2 Å². The van der Waals surface area contributed by atoms with Gasteiger partial charge in [0.1, 0.15) is 4.83 Å². The Bertz CT molecular complexity index is 1110. The second-order valence-corrected chi connectivity index (χ2v) is 8.15. The summed E-state index contributed by atoms with van der Waals surface area (Å²) >= 11 is 1.53. The second-order valence-electron chi connectivity index (χ2n) is 6.95. The molecule has 1 aliphatic rings. The summed E-state index contributed by atoms with van der Waals surface area (Å²) in [5.74, 6) is 0.00627. The Balaban J connectivity index is 0.00000225. The number of carbonyl (C=O) groups is 1. The number of carbonyl (C=O) groups excluding carboxylic acids is 1. The van der Waals surface area contributed by atoms with Crippen molar-refractivity contribution in [1.29, 1.82) is 0 Å². The molecule has 148 valence electrons. The standard InChI is InChI=1S/C20H22N4O2S.ClH/c1-12-13(2)27-19-18(12)20(26)23(11-22-19)10-8-17(25)24-9-4-5-14-15(21)6-3-7-16(14)24;/h3,6-7,11H,4-5,8-10,21H2,1-2H3;1H. The van der Waals surface area contributed by atoms with Crippen LogP contribution in [-0.2, 0) is 17.8 Å². The van der Waals surface area contributed by atoms with Crippen molar-refractivity contribution < 1.29 is 4.79 Å². The number of hydrogen-bond donors (Lipinski definition) is 1. The number of anilines is 2. The molecule has 0 fully saturated rings. The van der Waals surface area contributed by atoms with Crippen molar-refractivity contribution in [3.63, 3.8) is 0 Å². The molecule has 0 saturated carbocycles. The number of nitrogen functional groups attached to an aromatic ring is 1. The normalized spacial score (nSPS) is 13.3. The predicted octanol–water partition coefficient (Wildman–Crippen LogP) is 3.45. The fourth-order valence-electron chi connectivity index (χ4n) is 3.69. The number of fused-ring (bicyclic) bond motifs is 2. The Morgan fingerprint density at radius 2 is 2.11 bits per heavy atom. The highest BCUT2D eigenvalue weighted by Crippen LogP contribution is 2.31. The third-order valence-corrected chi connectivity index (χ3v) is 6.43. The van der Waals surface area contributed by atoms with Crippen LogP contribution in [0, 0.1) is 13.8 Å². The minimum Gasteiger partial charge on any atom is -0.398 e. The highest BCUT2D eigenvalue weighted by Gasteiger charge is 2.23. The molecule has 28 heavy (non-hydrogen) atoms. The van der Waals surface area contributed by atoms with E-state index in [1.54, 1.807) is 15.8 Å². The van der Waals surface area contributed by atoms with Crippen LogP contribution in [0.5, 0.6) is 0 Å². The lowest BCUT2D eigenvalue weighted by molar-refractivity contribution is -0.118. The van der Waals surface area contributed by atoms with Gasteiger partial charge in [-0.25, -0.2) is 4.98 Å². The fraction of sp³-hybridized carbons (Fsp3) is 0.350. The molecule has 0 saturated heterocycles. The predicted molar refractivity (Wildman–Crippen MR) is 117 cm³/mol. The first-order valence-electron chi connectivity index (χ1n) is 9.10. The summed E-state index contributed by atoms with van der Waals surface area (Å²) in [6.45, 7) is 4.95. The molecule has 1 aliphatic heterocycles. The van der Waals surface area contributed by atoms with E-state index < -0.39 is 0 Å². The molecule has 1 aromatic carbocycles. The topological polar surface area (TPSA) is 81.2 Å². The van der Waals surface area contributed by atoms with Crippen LogP contribution < -0.4 is 16.2 Å². The number of amides is 1. The Morgan fingerprint density at radius 1 is 1.32 bits per heavy atom. The first-order chi connectivity index (χ1) is 13.0. The van der Waals surface area contributed by atoms with Crippen LogP contribution in [0.4, 0.5) is 11.4 Å². The van der Waals surface area contributed by atoms with Gasteiger partial charge < -0.3 is 10.6 Å². The molecule has 8 heteroatoms. The summed E-state index contributed by atoms with van der Waals surface area (Å²) in [7, 11) is 0. The highest BCUT2D eigenvalue weighted by atomic mass is 35.5. The van der Waals surface area contributed by atoms with Crippen LogP contribution in [-0.4, -0.2) is 22.0 Å². The first kappa shape index (κ1) is 20.4. The quantitative estimate of drug-likeness (QED) is 0.660. The maximum absolute atomic E-state index is 12.8. The summed E-state index contributed by atoms with van der Waals surface area (Å²) in [5, 5.41) is 0.670. The fourth-order valence-corrected chi connectivity index (χ4v) is 4.68. The van der Waals surface area contributed by atoms with Gasteiger partial charge in [0, 0.05) is 35.8 Å². The third-order valence-electron chi connectivity index (χ3n) is 5.31. The van der Waals surface area contributed by atoms with E-state index in [0.29, 0.717) is 18.5 Å². The van der Waals surface area contributed by atoms with E-state index in [1.165, 1.54) is 11.3 Å². The van der Waals surface area contributed by atoms with Gasteiger partial charge in [0.2, 0.25) is 5.91 Å². The van der Waals surface area contributed by atoms with E-state index in [4.69, 9.17) is 5.73 Å². The van der Waals surface area contributed by atoms with Crippen molar-refractivity contribution in [3.8, 4) is 0 Å². The van der Waals surface area contributed by atoms with Crippen molar-refractivity contribution >= 4 is 51.2 Å². The summed E-state index contributed by atoms with van der Waals surface area (Å²) in [5.41, 5.74) is 9.65. The van der Waals surface area contributed by atoms with Gasteiger partial charge in [-0.15, -0.1) is 23.7 Å². The maximum atomic E-state index is 12.8. The summed E-state index contributed by atoms with van der Waals surface area (Å²) in [6, 6.07) is 5.70. The lowest BCUT2D eigenvalue weighted by Crippen LogP contribution is -2.36. The van der Waals surface area contributed by atoms with E-state index in [0.717, 1.165) is 45.1 Å². The molecule has 6 nitrogen and oxygen atoms in total. The average molecular weight is 419 g/mol. The molecule has 2 N–H and O–H groups in total. The van der Waals surface area contributed by atoms with Crippen molar-refractivity contribution in [1.82, 2.24) is 9.55 Å². The van der Waals surface area contributed by atoms with Crippen LogP contribution in [0.1, 0.15) is 28.8 Å². The van der Waals surface area contributed by atoms with Gasteiger partial charge >= 0.3 is 0 Å². The van der Waals surface area contributed by atoms with Crippen LogP contribution in [0.3, 0.4) is 0 Å². The number of nitrogens with zero attached hydrogens (tertiary/aromatic N) is 3. The monoisotopic (exact) mass is 418 g/mol. The van der Waals surface area contributed by atoms with Crippen LogP contribution in [0.25, 0.3) is 10.2 Å². The van der Waals surface area contributed by atoms with Gasteiger partial charge in [-0.2, -0.15) is 0 Å². The number of nitrogens with two attached hydrogens (primary N) is 1. The lowest BCUT2D eigenvalue weighted by Gasteiger charge is -2.30. The Morgan fingerprint density at radius 3 is 2.89 bits per heavy atom. The summed E-state index contributed by atoms with van der Waals surface area (Å²) < 4.78 is 1.55. The number of aromatic nitrogens is 2. The maximum Gasteiger partial charge on any atom is 0.262 e. The van der Waals surface area contributed by atoms with Gasteiger partial charge in [0.25, 0.3) is 5.56 Å². The van der Waals surface area contributed by atoms with E-state index >= 15 is 0 Å². The zero-order valence-corrected chi connectivity index (χ0v) is 17.5. The minimum absolute atomic E-state index is 0. The molecule has 3 aromatic rings. The molecular formula is C20H23ClN4O2S. The van der Waals surface area contributed by atoms with E-state index in [-0.39, 0.29) is 30.3 Å². The molecule has 0 unspecified atom stereocenters. The van der Waals surface area contributed by atoms with Crippen molar-refractivity contribution in [2.45, 2.75) is 39.7 Å². The van der Waals surface area contributed by atoms with Gasteiger partial charge in [0.05, 0.1) is 11.7 Å². The van der Waals surface area contributed by atoms with Gasteiger partial charge in [0.15, 0.2) is 0 Å². The first-order valence-corrected chi connectivity index (χ1v) is 9.92. The zero-order valence-electron chi connectivity index (χ0n) is 15.9. The number of hydrogen-bond acceptors (Lipinski definition) is 5. The minimum atomic E-state index is -0.0714. The van der Waals surface area contributed by atoms with Crippen LogP contribution >= 0.6 is 23.7 Å². The number of rotatable bonds is 3. The summed E-state index contributed by atoms with van der Waals surface area (Å²) in [4.78, 5) is 33.7. The molecule has 3 heterocycles. The molecule has 0 bridgehead atoms. The second kappa shape index (κ2) is 7.93. The van der Waals surface area contributed by atoms with Gasteiger partial charge in [-0.3, -0.25) is 14.2 Å². The number of benzene rings is 1. The zero-order chi connectivity index (χ0) is 19.1. The Labute approximate surface area is 173 Å². The van der Waals surface area contributed by atoms with E-state index in [9.17, 15) is 9.59 Å². The van der Waals surface area contributed by atoms with Gasteiger partial charge in [-0.05, 0) is 49.9 Å². The SMILES string of the molecule is Cc1sc2ncn(CCC(=O)N3CCCc4c(N)cccc43)c(=O)c2c1C.Cl. The van der Waals surface area contributed by atoms with E-state index in [2.05, 4.69) is 4.98 Å². The van der Waals surface area contributed by atoms with Crippen molar-refractivity contribution in [3.05, 3.63) is 50.9 Å². The van der Waals surface area contributed by atoms with Crippen LogP contribution in [0.15, 0.2) is 29.3 Å². The molecule has 0 spiro atoms. The summed E-state index contributed by atoms with van der Waals surface area (Å²) in [6.07, 6.45) is 3.59. The van der Waals surface area contributed by atoms with Crippen molar-refractivity contribution in [2.24, 2.45) is 0 Å². The largest absolute Gasteiger partial charge is 0.398 e. The number of halogens is 1. The molecular weight excluding hydrogens is 396 g/mol. The lowest BCUT2D eigenvalue weighted by atomic mass is 9.99. The molecule has 4 rings (SSSR count). The Hall–Kier alpha value is -2.38. The number of thiophene rings is 1. The Kier molecular flexibility index (Phi) is 5.76. The molecule has 0 atom stereocenters. The highest BCUT2D eigenvalue weighted by molar-refractivity contribution is 7.18. The van der Waals surface area contributed by atoms with Crippen LogP contribution in [0.2, 0.25) is 0 Å². The average Bonchev–Trinajstić information content (AvgIpc) is 2.95. The smallest absolute Gasteiger partial charge is 0.262 e. The van der Waals surface area contributed by atoms with E-state index in [1.807, 2.05) is 32.0 Å².